The van der Waals surface area contributed by atoms with Crippen LogP contribution in [0, 0.1) is 6.92 Å². The third kappa shape index (κ3) is 3.62. The number of aromatic nitrogens is 2. The SMILES string of the molecule is Cc1cc(Cl)c(NCc2cnn(CCO)c2)cc1Cl. The maximum atomic E-state index is 8.82. The van der Waals surface area contributed by atoms with Crippen LogP contribution in [0.1, 0.15) is 11.1 Å². The van der Waals surface area contributed by atoms with E-state index in [4.69, 9.17) is 28.3 Å². The van der Waals surface area contributed by atoms with Gasteiger partial charge in [-0.25, -0.2) is 0 Å². The van der Waals surface area contributed by atoms with Gasteiger partial charge in [-0.3, -0.25) is 4.68 Å². The van der Waals surface area contributed by atoms with Gasteiger partial charge in [0.2, 0.25) is 0 Å². The summed E-state index contributed by atoms with van der Waals surface area (Å²) >= 11 is 12.2. The lowest BCUT2D eigenvalue weighted by atomic mass is 10.2. The molecule has 0 saturated heterocycles. The third-order valence-electron chi connectivity index (χ3n) is 2.75. The first-order chi connectivity index (χ1) is 9.10. The van der Waals surface area contributed by atoms with Gasteiger partial charge in [0.05, 0.1) is 30.1 Å². The molecule has 4 nitrogen and oxygen atoms in total. The number of nitrogens with one attached hydrogen (secondary N) is 1. The second-order valence-corrected chi connectivity index (χ2v) is 5.08. The van der Waals surface area contributed by atoms with Crippen molar-refractivity contribution >= 4 is 28.9 Å². The minimum absolute atomic E-state index is 0.0773. The Labute approximate surface area is 122 Å². The van der Waals surface area contributed by atoms with Crippen LogP contribution in [0.2, 0.25) is 10.0 Å². The molecule has 2 aromatic rings. The molecule has 0 fully saturated rings. The molecule has 0 spiro atoms. The number of halogens is 2. The summed E-state index contributed by atoms with van der Waals surface area (Å²) in [6, 6.07) is 3.65. The van der Waals surface area contributed by atoms with Gasteiger partial charge in [-0.05, 0) is 24.6 Å². The lowest BCUT2D eigenvalue weighted by Crippen LogP contribution is -2.02. The normalized spacial score (nSPS) is 10.7. The summed E-state index contributed by atoms with van der Waals surface area (Å²) in [5.41, 5.74) is 2.77. The first kappa shape index (κ1) is 14.2. The number of rotatable bonds is 5. The summed E-state index contributed by atoms with van der Waals surface area (Å²) in [7, 11) is 0. The smallest absolute Gasteiger partial charge is 0.0641 e. The second kappa shape index (κ2) is 6.28. The minimum atomic E-state index is 0.0773. The summed E-state index contributed by atoms with van der Waals surface area (Å²) in [5, 5.41) is 17.5. The van der Waals surface area contributed by atoms with Gasteiger partial charge >= 0.3 is 0 Å². The van der Waals surface area contributed by atoms with Crippen molar-refractivity contribution < 1.29 is 5.11 Å². The van der Waals surface area contributed by atoms with Gasteiger partial charge in [0.15, 0.2) is 0 Å². The van der Waals surface area contributed by atoms with Crippen LogP contribution in [0.3, 0.4) is 0 Å². The Morgan fingerprint density at radius 3 is 2.84 bits per heavy atom. The van der Waals surface area contributed by atoms with Gasteiger partial charge in [-0.1, -0.05) is 23.2 Å². The first-order valence-corrected chi connectivity index (χ1v) is 6.67. The van der Waals surface area contributed by atoms with Gasteiger partial charge in [-0.15, -0.1) is 0 Å². The molecule has 1 aromatic heterocycles. The predicted octanol–water partition coefficient (Wildman–Crippen LogP) is 3.10. The lowest BCUT2D eigenvalue weighted by Gasteiger charge is -2.09. The van der Waals surface area contributed by atoms with Crippen LogP contribution >= 0.6 is 23.2 Å². The highest BCUT2D eigenvalue weighted by Crippen LogP contribution is 2.29. The number of aliphatic hydroxyl groups excluding tert-OH is 1. The van der Waals surface area contributed by atoms with Crippen LogP contribution in [0.5, 0.6) is 0 Å². The number of nitrogens with zero attached hydrogens (tertiary/aromatic N) is 2. The molecule has 19 heavy (non-hydrogen) atoms. The molecule has 0 saturated carbocycles. The number of aryl methyl sites for hydroxylation is 1. The predicted molar refractivity (Wildman–Crippen MR) is 77.8 cm³/mol. The highest BCUT2D eigenvalue weighted by molar-refractivity contribution is 6.35. The Bertz CT molecular complexity index is 569. The number of aliphatic hydroxyl groups is 1. The highest BCUT2D eigenvalue weighted by Gasteiger charge is 2.05. The van der Waals surface area contributed by atoms with Gasteiger partial charge in [-0.2, -0.15) is 5.10 Å². The summed E-state index contributed by atoms with van der Waals surface area (Å²) in [6.45, 7) is 3.09. The van der Waals surface area contributed by atoms with E-state index in [1.54, 1.807) is 10.9 Å². The molecule has 0 atom stereocenters. The van der Waals surface area contributed by atoms with E-state index in [0.29, 0.717) is 23.1 Å². The zero-order valence-corrected chi connectivity index (χ0v) is 12.0. The van der Waals surface area contributed by atoms with E-state index in [2.05, 4.69) is 10.4 Å². The van der Waals surface area contributed by atoms with Crippen LogP contribution in [0.15, 0.2) is 24.5 Å². The molecule has 6 heteroatoms. The first-order valence-electron chi connectivity index (χ1n) is 5.92. The van der Waals surface area contributed by atoms with Crippen molar-refractivity contribution in [3.63, 3.8) is 0 Å². The van der Waals surface area contributed by atoms with Crippen molar-refractivity contribution in [3.05, 3.63) is 45.7 Å². The van der Waals surface area contributed by atoms with Crippen LogP contribution < -0.4 is 5.32 Å². The van der Waals surface area contributed by atoms with Crippen molar-refractivity contribution in [2.75, 3.05) is 11.9 Å². The molecule has 2 N–H and O–H groups in total. The molecule has 0 aliphatic carbocycles. The van der Waals surface area contributed by atoms with E-state index >= 15 is 0 Å². The van der Waals surface area contributed by atoms with Crippen LogP contribution in [0.25, 0.3) is 0 Å². The highest BCUT2D eigenvalue weighted by atomic mass is 35.5. The Hall–Kier alpha value is -1.23. The standard InChI is InChI=1S/C13H15Cl2N3O/c1-9-4-12(15)13(5-11(9)14)16-6-10-7-17-18(8-10)2-3-19/h4-5,7-8,16,19H,2-3,6H2,1H3. The molecule has 1 heterocycles. The van der Waals surface area contributed by atoms with Crippen molar-refractivity contribution in [1.82, 2.24) is 9.78 Å². The van der Waals surface area contributed by atoms with Gasteiger partial charge in [0, 0.05) is 23.3 Å². The fourth-order valence-corrected chi connectivity index (χ4v) is 2.15. The monoisotopic (exact) mass is 299 g/mol. The van der Waals surface area contributed by atoms with E-state index in [9.17, 15) is 0 Å². The minimum Gasteiger partial charge on any atom is -0.394 e. The molecule has 0 amide bonds. The number of hydrogen-bond acceptors (Lipinski definition) is 3. The van der Waals surface area contributed by atoms with Crippen LogP contribution in [0.4, 0.5) is 5.69 Å². The van der Waals surface area contributed by atoms with Crippen molar-refractivity contribution in [3.8, 4) is 0 Å². The second-order valence-electron chi connectivity index (χ2n) is 4.27. The lowest BCUT2D eigenvalue weighted by molar-refractivity contribution is 0.269. The van der Waals surface area contributed by atoms with E-state index < -0.39 is 0 Å². The molecular weight excluding hydrogens is 285 g/mol. The molecule has 1 aromatic carbocycles. The maximum absolute atomic E-state index is 8.82. The maximum Gasteiger partial charge on any atom is 0.0641 e. The van der Waals surface area contributed by atoms with E-state index in [1.807, 2.05) is 25.3 Å². The average molecular weight is 300 g/mol. The third-order valence-corrected chi connectivity index (χ3v) is 3.47. The van der Waals surface area contributed by atoms with Crippen molar-refractivity contribution in [2.24, 2.45) is 0 Å². The Kier molecular flexibility index (Phi) is 4.69. The molecule has 0 unspecified atom stereocenters. The Balaban J connectivity index is 2.03. The Morgan fingerprint density at radius 1 is 1.32 bits per heavy atom. The van der Waals surface area contributed by atoms with Gasteiger partial charge in [0.1, 0.15) is 0 Å². The summed E-state index contributed by atoms with van der Waals surface area (Å²) < 4.78 is 1.70. The van der Waals surface area contributed by atoms with Gasteiger partial charge in [0.25, 0.3) is 0 Å². The number of benzene rings is 1. The molecule has 0 radical (unpaired) electrons. The van der Waals surface area contributed by atoms with Crippen LogP contribution in [-0.2, 0) is 13.1 Å². The molecule has 0 aliphatic heterocycles. The topological polar surface area (TPSA) is 50.1 Å². The number of hydrogen-bond donors (Lipinski definition) is 2. The molecule has 102 valence electrons. The van der Waals surface area contributed by atoms with E-state index in [-0.39, 0.29) is 6.61 Å². The van der Waals surface area contributed by atoms with Gasteiger partial charge < -0.3 is 10.4 Å². The summed E-state index contributed by atoms with van der Waals surface area (Å²) in [6.07, 6.45) is 3.64. The average Bonchev–Trinajstić information content (AvgIpc) is 2.80. The largest absolute Gasteiger partial charge is 0.394 e. The molecular formula is C13H15Cl2N3O. The molecule has 0 aliphatic rings. The molecule has 0 bridgehead atoms. The van der Waals surface area contributed by atoms with Crippen molar-refractivity contribution in [2.45, 2.75) is 20.0 Å². The van der Waals surface area contributed by atoms with E-state index in [0.717, 1.165) is 16.8 Å². The van der Waals surface area contributed by atoms with Crippen LogP contribution in [-0.4, -0.2) is 21.5 Å². The molecule has 2 rings (SSSR count). The quantitative estimate of drug-likeness (QED) is 0.892. The van der Waals surface area contributed by atoms with E-state index in [1.165, 1.54) is 0 Å². The fourth-order valence-electron chi connectivity index (χ4n) is 1.70. The summed E-state index contributed by atoms with van der Waals surface area (Å²) in [4.78, 5) is 0. The number of anilines is 1. The zero-order valence-electron chi connectivity index (χ0n) is 10.5. The fraction of sp³-hybridized carbons (Fsp3) is 0.308. The van der Waals surface area contributed by atoms with Crippen molar-refractivity contribution in [1.29, 1.82) is 0 Å². The Morgan fingerprint density at radius 2 is 2.11 bits per heavy atom. The zero-order chi connectivity index (χ0) is 13.8. The summed E-state index contributed by atoms with van der Waals surface area (Å²) in [5.74, 6) is 0.